The van der Waals surface area contributed by atoms with Crippen molar-refractivity contribution in [2.75, 3.05) is 13.6 Å². The number of nitrogens with zero attached hydrogens (tertiary/aromatic N) is 2. The van der Waals surface area contributed by atoms with E-state index in [4.69, 9.17) is 5.73 Å². The maximum atomic E-state index is 14.3. The quantitative estimate of drug-likeness (QED) is 0.370. The van der Waals surface area contributed by atoms with Gasteiger partial charge in [0.15, 0.2) is 0 Å². The van der Waals surface area contributed by atoms with Gasteiger partial charge in [-0.25, -0.2) is 4.39 Å². The van der Waals surface area contributed by atoms with E-state index in [1.807, 2.05) is 51.1 Å². The number of carbonyl (C=O) groups excluding carboxylic acids is 1. The molecule has 5 nitrogen and oxygen atoms in total. The summed E-state index contributed by atoms with van der Waals surface area (Å²) < 4.78 is 14.3. The topological polar surface area (TPSA) is 79.5 Å². The number of benzene rings is 3. The SMILES string of the molecule is CC[C@H](N)CN(C)C(=O)c1c(-c2cc(C)cc(F)c2)cnc2ccc(-c3cc(O)ccc3C)cc12. The molecule has 0 aliphatic carbocycles. The minimum Gasteiger partial charge on any atom is -0.508 e. The number of hydrogen-bond donors (Lipinski definition) is 2. The monoisotopic (exact) mass is 471 g/mol. The van der Waals surface area contributed by atoms with E-state index in [1.165, 1.54) is 12.1 Å². The normalized spacial score (nSPS) is 12.1. The summed E-state index contributed by atoms with van der Waals surface area (Å²) in [4.78, 5) is 20.1. The molecule has 0 saturated carbocycles. The number of aromatic hydroxyl groups is 1. The molecule has 4 aromatic rings. The fourth-order valence-electron chi connectivity index (χ4n) is 4.38. The molecule has 0 unspecified atom stereocenters. The maximum absolute atomic E-state index is 14.3. The molecular weight excluding hydrogens is 441 g/mol. The molecule has 180 valence electrons. The minimum atomic E-state index is -0.371. The first-order chi connectivity index (χ1) is 16.7. The average molecular weight is 472 g/mol. The summed E-state index contributed by atoms with van der Waals surface area (Å²) >= 11 is 0. The number of fused-ring (bicyclic) bond motifs is 1. The standard InChI is InChI=1S/C29H30FN3O2/c1-5-22(31)16-33(4)29(35)28-25-13-19(24-14-23(34)8-6-18(24)3)7-9-27(25)32-15-26(28)20-10-17(2)11-21(30)12-20/h6-15,22,34H,5,16,31H2,1-4H3/t22-/m0/s1. The van der Waals surface area contributed by atoms with Crippen molar-refractivity contribution in [3.8, 4) is 28.0 Å². The second kappa shape index (κ2) is 9.84. The number of pyridine rings is 1. The lowest BCUT2D eigenvalue weighted by Crippen LogP contribution is -2.38. The summed E-state index contributed by atoms with van der Waals surface area (Å²) in [7, 11) is 1.73. The second-order valence-electron chi connectivity index (χ2n) is 9.15. The van der Waals surface area contributed by atoms with E-state index in [2.05, 4.69) is 4.98 Å². The van der Waals surface area contributed by atoms with Crippen LogP contribution in [-0.4, -0.2) is 40.5 Å². The van der Waals surface area contributed by atoms with Crippen LogP contribution < -0.4 is 5.73 Å². The Hall–Kier alpha value is -3.77. The minimum absolute atomic E-state index is 0.151. The van der Waals surface area contributed by atoms with Gasteiger partial charge >= 0.3 is 0 Å². The summed E-state index contributed by atoms with van der Waals surface area (Å²) in [6, 6.07) is 15.5. The molecule has 1 atom stereocenters. The van der Waals surface area contributed by atoms with Crippen LogP contribution in [0.15, 0.2) is 60.8 Å². The van der Waals surface area contributed by atoms with E-state index in [-0.39, 0.29) is 23.5 Å². The summed E-state index contributed by atoms with van der Waals surface area (Å²) in [5, 5.41) is 10.7. The Bertz CT molecular complexity index is 1400. The third kappa shape index (κ3) is 5.03. The molecule has 0 spiro atoms. The molecule has 0 saturated heterocycles. The largest absolute Gasteiger partial charge is 0.508 e. The lowest BCUT2D eigenvalue weighted by Gasteiger charge is -2.23. The summed E-state index contributed by atoms with van der Waals surface area (Å²) in [5.41, 5.74) is 11.9. The third-order valence-corrected chi connectivity index (χ3v) is 6.35. The number of hydrogen-bond acceptors (Lipinski definition) is 4. The van der Waals surface area contributed by atoms with Crippen LogP contribution in [0.2, 0.25) is 0 Å². The zero-order valence-corrected chi connectivity index (χ0v) is 20.5. The van der Waals surface area contributed by atoms with E-state index < -0.39 is 0 Å². The smallest absolute Gasteiger partial charge is 0.255 e. The summed E-state index contributed by atoms with van der Waals surface area (Å²) in [6.07, 6.45) is 2.38. The van der Waals surface area contributed by atoms with Crippen LogP contribution in [0.25, 0.3) is 33.2 Å². The van der Waals surface area contributed by atoms with Gasteiger partial charge in [-0.2, -0.15) is 0 Å². The summed E-state index contributed by atoms with van der Waals surface area (Å²) in [6.45, 7) is 6.16. The number of amides is 1. The molecule has 1 amide bonds. The van der Waals surface area contributed by atoms with E-state index in [1.54, 1.807) is 30.3 Å². The van der Waals surface area contributed by atoms with E-state index in [0.29, 0.717) is 34.1 Å². The Morgan fingerprint density at radius 3 is 2.54 bits per heavy atom. The number of aromatic nitrogens is 1. The molecule has 3 aromatic carbocycles. The van der Waals surface area contributed by atoms with Crippen LogP contribution in [0.5, 0.6) is 5.75 Å². The molecule has 35 heavy (non-hydrogen) atoms. The molecule has 0 aliphatic heterocycles. The van der Waals surface area contributed by atoms with Gasteiger partial charge in [-0.15, -0.1) is 0 Å². The number of phenolic OH excluding ortho intramolecular Hbond substituents is 1. The lowest BCUT2D eigenvalue weighted by atomic mass is 9.92. The first kappa shape index (κ1) is 24.4. The fourth-order valence-corrected chi connectivity index (χ4v) is 4.38. The number of rotatable bonds is 6. The van der Waals surface area contributed by atoms with E-state index >= 15 is 0 Å². The molecule has 0 bridgehead atoms. The van der Waals surface area contributed by atoms with Crippen LogP contribution in [-0.2, 0) is 0 Å². The highest BCUT2D eigenvalue weighted by molar-refractivity contribution is 6.12. The number of aryl methyl sites for hydroxylation is 2. The molecule has 1 aromatic heterocycles. The van der Waals surface area contributed by atoms with Gasteiger partial charge in [0.05, 0.1) is 11.1 Å². The molecule has 4 rings (SSSR count). The Morgan fingerprint density at radius 2 is 1.83 bits per heavy atom. The number of likely N-dealkylation sites (N-methyl/N-ethyl adjacent to an activating group) is 1. The van der Waals surface area contributed by atoms with Crippen molar-refractivity contribution in [3.05, 3.63) is 83.3 Å². The van der Waals surface area contributed by atoms with Gasteiger partial charge in [-0.3, -0.25) is 9.78 Å². The lowest BCUT2D eigenvalue weighted by molar-refractivity contribution is 0.0788. The van der Waals surface area contributed by atoms with Crippen molar-refractivity contribution in [1.82, 2.24) is 9.88 Å². The van der Waals surface area contributed by atoms with E-state index in [9.17, 15) is 14.3 Å². The van der Waals surface area contributed by atoms with Crippen molar-refractivity contribution in [2.45, 2.75) is 33.2 Å². The van der Waals surface area contributed by atoms with Gasteiger partial charge in [0.2, 0.25) is 0 Å². The number of nitrogens with two attached hydrogens (primary N) is 1. The Labute approximate surface area is 205 Å². The Morgan fingerprint density at radius 1 is 1.06 bits per heavy atom. The predicted octanol–water partition coefficient (Wildman–Crippen LogP) is 5.84. The number of carbonyl (C=O) groups is 1. The Kier molecular flexibility index (Phi) is 6.85. The molecule has 3 N–H and O–H groups in total. The Balaban J connectivity index is 1.99. The highest BCUT2D eigenvalue weighted by Crippen LogP contribution is 2.35. The average Bonchev–Trinajstić information content (AvgIpc) is 2.83. The number of phenols is 1. The molecular formula is C29H30FN3O2. The summed E-state index contributed by atoms with van der Waals surface area (Å²) in [5.74, 6) is -0.413. The highest BCUT2D eigenvalue weighted by atomic mass is 19.1. The van der Waals surface area contributed by atoms with Crippen molar-refractivity contribution in [1.29, 1.82) is 0 Å². The maximum Gasteiger partial charge on any atom is 0.255 e. The zero-order chi connectivity index (χ0) is 25.3. The van der Waals surface area contributed by atoms with Gasteiger partial charge in [0.1, 0.15) is 11.6 Å². The molecule has 0 fully saturated rings. The van der Waals surface area contributed by atoms with Gasteiger partial charge in [-0.05, 0) is 84.5 Å². The molecule has 0 radical (unpaired) electrons. The van der Waals surface area contributed by atoms with Gasteiger partial charge in [-0.1, -0.05) is 25.1 Å². The van der Waals surface area contributed by atoms with Crippen molar-refractivity contribution < 1.29 is 14.3 Å². The van der Waals surface area contributed by atoms with Crippen LogP contribution in [0.1, 0.15) is 34.8 Å². The van der Waals surface area contributed by atoms with Crippen LogP contribution in [0.4, 0.5) is 4.39 Å². The van der Waals surface area contributed by atoms with Gasteiger partial charge < -0.3 is 15.7 Å². The van der Waals surface area contributed by atoms with Crippen LogP contribution >= 0.6 is 0 Å². The highest BCUT2D eigenvalue weighted by Gasteiger charge is 2.23. The first-order valence-corrected chi connectivity index (χ1v) is 11.7. The molecule has 0 aliphatic rings. The first-order valence-electron chi connectivity index (χ1n) is 11.7. The number of halogens is 1. The zero-order valence-electron chi connectivity index (χ0n) is 20.5. The molecule has 6 heteroatoms. The van der Waals surface area contributed by atoms with Crippen LogP contribution in [0.3, 0.4) is 0 Å². The molecule has 1 heterocycles. The van der Waals surface area contributed by atoms with Gasteiger partial charge in [0, 0.05) is 36.8 Å². The van der Waals surface area contributed by atoms with Gasteiger partial charge in [0.25, 0.3) is 5.91 Å². The van der Waals surface area contributed by atoms with Crippen molar-refractivity contribution >= 4 is 16.8 Å². The second-order valence-corrected chi connectivity index (χ2v) is 9.15. The van der Waals surface area contributed by atoms with E-state index in [0.717, 1.165) is 28.7 Å². The third-order valence-electron chi connectivity index (χ3n) is 6.35. The fraction of sp³-hybridized carbons (Fsp3) is 0.241. The van der Waals surface area contributed by atoms with Crippen molar-refractivity contribution in [2.24, 2.45) is 5.73 Å². The van der Waals surface area contributed by atoms with Crippen molar-refractivity contribution in [3.63, 3.8) is 0 Å². The predicted molar refractivity (Wildman–Crippen MR) is 139 cm³/mol. The van der Waals surface area contributed by atoms with Crippen LogP contribution in [0, 0.1) is 19.7 Å².